The Morgan fingerprint density at radius 1 is 1.06 bits per heavy atom. The molecular weight excluding hydrogens is 424 g/mol. The molecule has 2 aromatic rings. The van der Waals surface area contributed by atoms with Gasteiger partial charge in [-0.15, -0.1) is 0 Å². The van der Waals surface area contributed by atoms with Crippen LogP contribution in [-0.2, 0) is 16.1 Å². The average Bonchev–Trinajstić information content (AvgIpc) is 2.75. The van der Waals surface area contributed by atoms with Crippen LogP contribution in [0.1, 0.15) is 55.9 Å². The minimum Gasteiger partial charge on any atom is -0.484 e. The van der Waals surface area contributed by atoms with Crippen molar-refractivity contribution >= 4 is 23.4 Å². The van der Waals surface area contributed by atoms with Gasteiger partial charge in [-0.3, -0.25) is 9.59 Å². The highest BCUT2D eigenvalue weighted by Gasteiger charge is 2.29. The molecule has 0 spiro atoms. The average molecular weight is 459 g/mol. The van der Waals surface area contributed by atoms with E-state index in [9.17, 15) is 9.59 Å². The second kappa shape index (κ2) is 11.9. The first-order chi connectivity index (χ1) is 15.2. The third-order valence-electron chi connectivity index (χ3n) is 5.59. The van der Waals surface area contributed by atoms with E-state index in [-0.39, 0.29) is 24.5 Å². The van der Waals surface area contributed by atoms with Gasteiger partial charge in [-0.25, -0.2) is 0 Å². The van der Waals surface area contributed by atoms with Crippen LogP contribution < -0.4 is 10.1 Å². The quantitative estimate of drug-likeness (QED) is 0.521. The highest BCUT2D eigenvalue weighted by Crippen LogP contribution is 2.26. The molecule has 32 heavy (non-hydrogen) atoms. The lowest BCUT2D eigenvalue weighted by molar-refractivity contribution is -0.143. The minimum absolute atomic E-state index is 0.0451. The molecule has 0 saturated carbocycles. The topological polar surface area (TPSA) is 58.6 Å². The van der Waals surface area contributed by atoms with Crippen molar-refractivity contribution in [3.8, 4) is 5.75 Å². The molecule has 0 heterocycles. The summed E-state index contributed by atoms with van der Waals surface area (Å²) in [6.07, 6.45) is 1.34. The first kappa shape index (κ1) is 25.7. The molecular formula is C26H35ClN2O3. The summed E-state index contributed by atoms with van der Waals surface area (Å²) >= 11 is 6.24. The van der Waals surface area contributed by atoms with Crippen LogP contribution >= 0.6 is 11.6 Å². The van der Waals surface area contributed by atoms with E-state index >= 15 is 0 Å². The third kappa shape index (κ3) is 6.99. The van der Waals surface area contributed by atoms with Gasteiger partial charge >= 0.3 is 0 Å². The van der Waals surface area contributed by atoms with Crippen LogP contribution in [0.2, 0.25) is 5.02 Å². The molecule has 2 rings (SSSR count). The summed E-state index contributed by atoms with van der Waals surface area (Å²) in [6.45, 7) is 11.9. The zero-order valence-corrected chi connectivity index (χ0v) is 20.8. The van der Waals surface area contributed by atoms with Gasteiger partial charge < -0.3 is 15.0 Å². The number of aryl methyl sites for hydroxylation is 3. The number of ether oxygens (including phenoxy) is 1. The van der Waals surface area contributed by atoms with Crippen molar-refractivity contribution in [2.24, 2.45) is 0 Å². The maximum absolute atomic E-state index is 13.3. The number of carbonyl (C=O) groups excluding carboxylic acids is 2. The molecule has 5 nitrogen and oxygen atoms in total. The Morgan fingerprint density at radius 3 is 2.28 bits per heavy atom. The van der Waals surface area contributed by atoms with Crippen molar-refractivity contribution in [3.05, 3.63) is 63.7 Å². The van der Waals surface area contributed by atoms with Gasteiger partial charge in [0.25, 0.3) is 5.91 Å². The third-order valence-corrected chi connectivity index (χ3v) is 6.19. The van der Waals surface area contributed by atoms with Gasteiger partial charge in [0.15, 0.2) is 6.61 Å². The number of rotatable bonds is 10. The van der Waals surface area contributed by atoms with Crippen LogP contribution in [0.5, 0.6) is 5.75 Å². The minimum atomic E-state index is -0.575. The van der Waals surface area contributed by atoms with Gasteiger partial charge in [-0.05, 0) is 69.4 Å². The molecule has 0 saturated heterocycles. The normalized spacial score (nSPS) is 12.7. The number of carbonyl (C=O) groups is 2. The lowest BCUT2D eigenvalue weighted by Crippen LogP contribution is -2.51. The van der Waals surface area contributed by atoms with E-state index in [1.54, 1.807) is 4.90 Å². The summed E-state index contributed by atoms with van der Waals surface area (Å²) in [5, 5.41) is 3.71. The number of nitrogens with one attached hydrogen (secondary N) is 1. The Hall–Kier alpha value is -2.53. The fraction of sp³-hybridized carbons (Fsp3) is 0.462. The summed E-state index contributed by atoms with van der Waals surface area (Å²) < 4.78 is 5.82. The monoisotopic (exact) mass is 458 g/mol. The number of hydrogen-bond donors (Lipinski definition) is 1. The maximum Gasteiger partial charge on any atom is 0.261 e. The fourth-order valence-corrected chi connectivity index (χ4v) is 3.69. The van der Waals surface area contributed by atoms with Gasteiger partial charge in [-0.1, -0.05) is 55.3 Å². The Morgan fingerprint density at radius 2 is 1.72 bits per heavy atom. The summed E-state index contributed by atoms with van der Waals surface area (Å²) in [7, 11) is 0. The molecule has 0 radical (unpaired) electrons. The molecule has 2 aromatic carbocycles. The Labute approximate surface area is 197 Å². The van der Waals surface area contributed by atoms with Gasteiger partial charge in [0.2, 0.25) is 5.91 Å². The molecule has 2 atom stereocenters. The second-order valence-electron chi connectivity index (χ2n) is 8.41. The SMILES string of the molecule is CC[C@@H](C)NC(=O)[C@H](CC)N(Cc1cccc(C)c1)C(=O)COc1cc(C)c(Cl)c(C)c1. The zero-order valence-electron chi connectivity index (χ0n) is 20.0. The molecule has 0 aliphatic heterocycles. The van der Waals surface area contributed by atoms with Crippen LogP contribution in [0.25, 0.3) is 0 Å². The van der Waals surface area contributed by atoms with Gasteiger partial charge in [-0.2, -0.15) is 0 Å². The largest absolute Gasteiger partial charge is 0.484 e. The van der Waals surface area contributed by atoms with Crippen molar-refractivity contribution < 1.29 is 14.3 Å². The van der Waals surface area contributed by atoms with Gasteiger partial charge in [0.1, 0.15) is 11.8 Å². The van der Waals surface area contributed by atoms with Crippen molar-refractivity contribution in [1.29, 1.82) is 0 Å². The lowest BCUT2D eigenvalue weighted by atomic mass is 10.1. The van der Waals surface area contributed by atoms with Gasteiger partial charge in [0, 0.05) is 17.6 Å². The molecule has 0 aliphatic rings. The summed E-state index contributed by atoms with van der Waals surface area (Å²) in [5.74, 6) is 0.217. The molecule has 174 valence electrons. The summed E-state index contributed by atoms with van der Waals surface area (Å²) in [6, 6.07) is 11.1. The van der Waals surface area contributed by atoms with Crippen molar-refractivity contribution in [2.75, 3.05) is 6.61 Å². The smallest absolute Gasteiger partial charge is 0.261 e. The van der Waals surface area contributed by atoms with Crippen molar-refractivity contribution in [2.45, 2.75) is 73.0 Å². The van der Waals surface area contributed by atoms with Crippen LogP contribution in [0.4, 0.5) is 0 Å². The van der Waals surface area contributed by atoms with Crippen molar-refractivity contribution in [3.63, 3.8) is 0 Å². The van der Waals surface area contributed by atoms with E-state index in [1.165, 1.54) is 0 Å². The standard InChI is InChI=1S/C26H35ClN2O3/c1-7-20(6)28-26(31)23(8-2)29(15-21-11-9-10-17(3)12-21)24(30)16-32-22-13-18(4)25(27)19(5)14-22/h9-14,20,23H,7-8,15-16H2,1-6H3,(H,28,31)/t20-,23+/m1/s1. The molecule has 0 aliphatic carbocycles. The van der Waals surface area contributed by atoms with Crippen LogP contribution in [0.3, 0.4) is 0 Å². The van der Waals surface area contributed by atoms with Crippen LogP contribution in [0, 0.1) is 20.8 Å². The zero-order chi connectivity index (χ0) is 23.8. The number of halogens is 1. The number of benzene rings is 2. The van der Waals surface area contributed by atoms with E-state index in [0.717, 1.165) is 28.7 Å². The van der Waals surface area contributed by atoms with Crippen LogP contribution in [-0.4, -0.2) is 35.4 Å². The lowest BCUT2D eigenvalue weighted by Gasteiger charge is -2.31. The highest BCUT2D eigenvalue weighted by atomic mass is 35.5. The molecule has 0 unspecified atom stereocenters. The van der Waals surface area contributed by atoms with Crippen molar-refractivity contribution in [1.82, 2.24) is 10.2 Å². The molecule has 1 N–H and O–H groups in total. The number of nitrogens with zero attached hydrogens (tertiary/aromatic N) is 1. The summed E-state index contributed by atoms with van der Waals surface area (Å²) in [4.78, 5) is 27.9. The van der Waals surface area contributed by atoms with Gasteiger partial charge in [0.05, 0.1) is 0 Å². The second-order valence-corrected chi connectivity index (χ2v) is 8.79. The van der Waals surface area contributed by atoms with E-state index < -0.39 is 6.04 Å². The predicted octanol–water partition coefficient (Wildman–Crippen LogP) is 5.37. The van der Waals surface area contributed by atoms with E-state index in [4.69, 9.17) is 16.3 Å². The Kier molecular flexibility index (Phi) is 9.58. The molecule has 0 bridgehead atoms. The fourth-order valence-electron chi connectivity index (χ4n) is 3.59. The Bertz CT molecular complexity index is 921. The predicted molar refractivity (Wildman–Crippen MR) is 130 cm³/mol. The molecule has 0 fully saturated rings. The molecule has 6 heteroatoms. The van der Waals surface area contributed by atoms with Crippen LogP contribution in [0.15, 0.2) is 36.4 Å². The first-order valence-corrected chi connectivity index (χ1v) is 11.6. The molecule has 2 amide bonds. The Balaban J connectivity index is 2.25. The maximum atomic E-state index is 13.3. The van der Waals surface area contributed by atoms with E-state index in [2.05, 4.69) is 5.32 Å². The molecule has 0 aromatic heterocycles. The van der Waals surface area contributed by atoms with E-state index in [0.29, 0.717) is 23.7 Å². The number of amides is 2. The first-order valence-electron chi connectivity index (χ1n) is 11.2. The summed E-state index contributed by atoms with van der Waals surface area (Å²) in [5.41, 5.74) is 3.87. The number of hydrogen-bond acceptors (Lipinski definition) is 3. The highest BCUT2D eigenvalue weighted by molar-refractivity contribution is 6.32. The van der Waals surface area contributed by atoms with E-state index in [1.807, 2.05) is 77.9 Å².